The van der Waals surface area contributed by atoms with Gasteiger partial charge in [-0.25, -0.2) is 9.78 Å². The Kier molecular flexibility index (Phi) is 3.81. The number of nitrogens with zero attached hydrogens (tertiary/aromatic N) is 2. The highest BCUT2D eigenvalue weighted by Gasteiger charge is 2.29. The summed E-state index contributed by atoms with van der Waals surface area (Å²) in [5, 5.41) is 19.1. The summed E-state index contributed by atoms with van der Waals surface area (Å²) < 4.78 is 5.95. The third kappa shape index (κ3) is 2.34. The fourth-order valence-corrected chi connectivity index (χ4v) is 1.25. The quantitative estimate of drug-likeness (QED) is 0.658. The highest BCUT2D eigenvalue weighted by Crippen LogP contribution is 2.15. The number of esters is 1. The smallest absolute Gasteiger partial charge is 0.337 e. The molecule has 0 aliphatic rings. The Morgan fingerprint density at radius 3 is 2.87 bits per heavy atom. The van der Waals surface area contributed by atoms with Crippen molar-refractivity contribution in [2.24, 2.45) is 0 Å². The van der Waals surface area contributed by atoms with E-state index in [4.69, 9.17) is 0 Å². The molecule has 6 nitrogen and oxygen atoms in total. The molecule has 0 saturated carbocycles. The van der Waals surface area contributed by atoms with E-state index >= 15 is 0 Å². The van der Waals surface area contributed by atoms with Gasteiger partial charge in [0.05, 0.1) is 7.11 Å². The maximum atomic E-state index is 11.0. The molecule has 1 aromatic rings. The van der Waals surface area contributed by atoms with Crippen molar-refractivity contribution in [2.75, 3.05) is 7.11 Å². The zero-order valence-corrected chi connectivity index (χ0v) is 8.62. The first kappa shape index (κ1) is 11.7. The van der Waals surface area contributed by atoms with Crippen LogP contribution in [0.1, 0.15) is 18.9 Å². The minimum absolute atomic E-state index is 0.246. The van der Waals surface area contributed by atoms with E-state index in [1.54, 1.807) is 10.8 Å². The largest absolute Gasteiger partial charge is 0.467 e. The molecule has 1 heterocycles. The number of imidazole rings is 1. The topological polar surface area (TPSA) is 84.6 Å². The number of hydrogen-bond donors (Lipinski definition) is 2. The molecule has 0 aromatic carbocycles. The molecule has 84 valence electrons. The first-order valence-corrected chi connectivity index (χ1v) is 4.56. The zero-order chi connectivity index (χ0) is 11.4. The Bertz CT molecular complexity index is 337. The van der Waals surface area contributed by atoms with Crippen molar-refractivity contribution in [1.29, 1.82) is 0 Å². The van der Waals surface area contributed by atoms with E-state index in [0.717, 1.165) is 7.11 Å². The Hall–Kier alpha value is -1.40. The second-order valence-electron chi connectivity index (χ2n) is 2.98. The van der Waals surface area contributed by atoms with Gasteiger partial charge in [0, 0.05) is 18.9 Å². The average molecular weight is 214 g/mol. The molecule has 0 aliphatic carbocycles. The molecule has 0 saturated heterocycles. The summed E-state index contributed by atoms with van der Waals surface area (Å²) in [6.45, 7) is 2.46. The molecule has 0 amide bonds. The van der Waals surface area contributed by atoms with Crippen molar-refractivity contribution in [3.8, 4) is 0 Å². The summed E-state index contributed by atoms with van der Waals surface area (Å²) in [6.07, 6.45) is 0.171. The molecule has 2 atom stereocenters. The van der Waals surface area contributed by atoms with Crippen molar-refractivity contribution >= 4 is 5.97 Å². The first-order chi connectivity index (χ1) is 7.11. The van der Waals surface area contributed by atoms with Gasteiger partial charge in [-0.05, 0) is 6.92 Å². The molecule has 0 spiro atoms. The lowest BCUT2D eigenvalue weighted by molar-refractivity contribution is -0.157. The van der Waals surface area contributed by atoms with Crippen molar-refractivity contribution in [2.45, 2.75) is 25.7 Å². The van der Waals surface area contributed by atoms with E-state index in [1.807, 2.05) is 6.92 Å². The van der Waals surface area contributed by atoms with Crippen LogP contribution in [0.15, 0.2) is 12.4 Å². The van der Waals surface area contributed by atoms with Gasteiger partial charge in [0.1, 0.15) is 11.9 Å². The van der Waals surface area contributed by atoms with Crippen LogP contribution in [-0.4, -0.2) is 38.9 Å². The van der Waals surface area contributed by atoms with Gasteiger partial charge in [0.25, 0.3) is 0 Å². The summed E-state index contributed by atoms with van der Waals surface area (Å²) in [4.78, 5) is 14.8. The number of rotatable bonds is 4. The summed E-state index contributed by atoms with van der Waals surface area (Å²) >= 11 is 0. The normalized spacial score (nSPS) is 14.7. The number of methoxy groups -OCH3 is 1. The Labute approximate surface area is 87.1 Å². The summed E-state index contributed by atoms with van der Waals surface area (Å²) in [7, 11) is 1.14. The first-order valence-electron chi connectivity index (χ1n) is 4.56. The lowest BCUT2D eigenvalue weighted by Gasteiger charge is -2.16. The maximum Gasteiger partial charge on any atom is 0.337 e. The van der Waals surface area contributed by atoms with Crippen LogP contribution in [0, 0.1) is 0 Å². The molecule has 0 fully saturated rings. The van der Waals surface area contributed by atoms with E-state index in [1.165, 1.54) is 6.20 Å². The molecular weight excluding hydrogens is 200 g/mol. The van der Waals surface area contributed by atoms with Crippen LogP contribution in [0.5, 0.6) is 0 Å². The molecule has 6 heteroatoms. The van der Waals surface area contributed by atoms with Crippen LogP contribution in [0.2, 0.25) is 0 Å². The lowest BCUT2D eigenvalue weighted by atomic mass is 10.2. The standard InChI is InChI=1S/C9H14N2O4/c1-3-11-5-4-10-8(11)6(12)7(13)9(14)15-2/h4-7,12-13H,3H2,1-2H3. The number of carbonyl (C=O) groups is 1. The molecule has 1 rings (SSSR count). The minimum Gasteiger partial charge on any atom is -0.467 e. The molecule has 1 aromatic heterocycles. The van der Waals surface area contributed by atoms with Crippen LogP contribution >= 0.6 is 0 Å². The number of aromatic nitrogens is 2. The van der Waals surface area contributed by atoms with Crippen LogP contribution in [0.3, 0.4) is 0 Å². The Morgan fingerprint density at radius 1 is 1.67 bits per heavy atom. The van der Waals surface area contributed by atoms with E-state index in [9.17, 15) is 15.0 Å². The number of ether oxygens (including phenoxy) is 1. The second kappa shape index (κ2) is 4.90. The van der Waals surface area contributed by atoms with Gasteiger partial charge in [0.2, 0.25) is 0 Å². The van der Waals surface area contributed by atoms with Crippen molar-refractivity contribution in [3.63, 3.8) is 0 Å². The van der Waals surface area contributed by atoms with E-state index in [-0.39, 0.29) is 5.82 Å². The summed E-state index contributed by atoms with van der Waals surface area (Å²) in [5.74, 6) is -0.636. The van der Waals surface area contributed by atoms with Gasteiger partial charge >= 0.3 is 5.97 Å². The van der Waals surface area contributed by atoms with Crippen molar-refractivity contribution < 1.29 is 19.7 Å². The fraction of sp³-hybridized carbons (Fsp3) is 0.556. The monoisotopic (exact) mass is 214 g/mol. The predicted molar refractivity (Wildman–Crippen MR) is 50.9 cm³/mol. The number of carbonyl (C=O) groups excluding carboxylic acids is 1. The molecular formula is C9H14N2O4. The number of hydrogen-bond acceptors (Lipinski definition) is 5. The Morgan fingerprint density at radius 2 is 2.33 bits per heavy atom. The van der Waals surface area contributed by atoms with Gasteiger partial charge in [0.15, 0.2) is 6.10 Å². The van der Waals surface area contributed by atoms with Gasteiger partial charge in [-0.3, -0.25) is 0 Å². The van der Waals surface area contributed by atoms with Crippen LogP contribution in [0.4, 0.5) is 0 Å². The SMILES string of the molecule is CCn1ccnc1C(O)C(O)C(=O)OC. The summed E-state index contributed by atoms with van der Waals surface area (Å²) in [6, 6.07) is 0. The van der Waals surface area contributed by atoms with Crippen LogP contribution in [-0.2, 0) is 16.1 Å². The van der Waals surface area contributed by atoms with E-state index in [0.29, 0.717) is 6.54 Å². The van der Waals surface area contributed by atoms with Gasteiger partial charge < -0.3 is 19.5 Å². The average Bonchev–Trinajstić information content (AvgIpc) is 2.73. The highest BCUT2D eigenvalue weighted by atomic mass is 16.5. The van der Waals surface area contributed by atoms with E-state index < -0.39 is 18.2 Å². The van der Waals surface area contributed by atoms with Crippen molar-refractivity contribution in [3.05, 3.63) is 18.2 Å². The molecule has 0 radical (unpaired) electrons. The van der Waals surface area contributed by atoms with E-state index in [2.05, 4.69) is 9.72 Å². The lowest BCUT2D eigenvalue weighted by Crippen LogP contribution is -2.30. The third-order valence-electron chi connectivity index (χ3n) is 2.09. The summed E-state index contributed by atoms with van der Waals surface area (Å²) in [5.41, 5.74) is 0. The number of aryl methyl sites for hydroxylation is 1. The van der Waals surface area contributed by atoms with Crippen LogP contribution in [0.25, 0.3) is 0 Å². The second-order valence-corrected chi connectivity index (χ2v) is 2.98. The number of aliphatic hydroxyl groups is 2. The van der Waals surface area contributed by atoms with Gasteiger partial charge in [-0.1, -0.05) is 0 Å². The zero-order valence-electron chi connectivity index (χ0n) is 8.62. The molecule has 0 bridgehead atoms. The minimum atomic E-state index is -1.61. The maximum absolute atomic E-state index is 11.0. The molecule has 2 N–H and O–H groups in total. The molecule has 0 aliphatic heterocycles. The van der Waals surface area contributed by atoms with Gasteiger partial charge in [-0.2, -0.15) is 0 Å². The Balaban J connectivity index is 2.84. The number of aliphatic hydroxyl groups excluding tert-OH is 2. The molecule has 2 unspecified atom stereocenters. The third-order valence-corrected chi connectivity index (χ3v) is 2.09. The highest BCUT2D eigenvalue weighted by molar-refractivity contribution is 5.75. The molecule has 15 heavy (non-hydrogen) atoms. The fourth-order valence-electron chi connectivity index (χ4n) is 1.25. The van der Waals surface area contributed by atoms with Crippen molar-refractivity contribution in [1.82, 2.24) is 9.55 Å². The van der Waals surface area contributed by atoms with Gasteiger partial charge in [-0.15, -0.1) is 0 Å². The predicted octanol–water partition coefficient (Wildman–Crippen LogP) is -0.530. The van der Waals surface area contributed by atoms with Crippen LogP contribution < -0.4 is 0 Å².